The van der Waals surface area contributed by atoms with Gasteiger partial charge in [0.2, 0.25) is 0 Å². The van der Waals surface area contributed by atoms with Crippen LogP contribution in [0.5, 0.6) is 0 Å². The van der Waals surface area contributed by atoms with Crippen LogP contribution < -0.4 is 16.0 Å². The van der Waals surface area contributed by atoms with E-state index in [2.05, 4.69) is 35.3 Å². The topological polar surface area (TPSA) is 41.3 Å². The van der Waals surface area contributed by atoms with Gasteiger partial charge in [-0.05, 0) is 81.0 Å². The molecule has 1 saturated heterocycles. The van der Waals surface area contributed by atoms with Gasteiger partial charge in [-0.15, -0.1) is 0 Å². The van der Waals surface area contributed by atoms with Crippen molar-refractivity contribution in [3.05, 3.63) is 23.8 Å². The fourth-order valence-electron chi connectivity index (χ4n) is 4.85. The van der Waals surface area contributed by atoms with Gasteiger partial charge in [-0.25, -0.2) is 0 Å². The van der Waals surface area contributed by atoms with E-state index in [4.69, 9.17) is 5.73 Å². The first-order valence-electron chi connectivity index (χ1n) is 9.01. The summed E-state index contributed by atoms with van der Waals surface area (Å²) < 4.78 is 0. The Bertz CT molecular complexity index is 534. The molecule has 0 atom stereocenters. The standard InChI is InChI=1S/C19H29N3/c1-14-9-17(22-7-3-2-4-8-22)5-6-18(14)21-16-12-19(13-16)10-15(20)11-19/h5-6,9,15-16,21H,2-4,7-8,10-13,20H2,1H3. The molecule has 3 nitrogen and oxygen atoms in total. The first-order valence-corrected chi connectivity index (χ1v) is 9.01. The van der Waals surface area contributed by atoms with Crippen LogP contribution >= 0.6 is 0 Å². The average molecular weight is 299 g/mol. The normalized spacial score (nSPS) is 34.2. The molecule has 3 aliphatic rings. The molecule has 0 aromatic heterocycles. The molecule has 120 valence electrons. The Morgan fingerprint density at radius 1 is 1.09 bits per heavy atom. The van der Waals surface area contributed by atoms with E-state index in [0.717, 1.165) is 0 Å². The Morgan fingerprint density at radius 3 is 2.45 bits per heavy atom. The van der Waals surface area contributed by atoms with Crippen LogP contribution in [0.1, 0.15) is 50.5 Å². The molecule has 3 fully saturated rings. The van der Waals surface area contributed by atoms with Gasteiger partial charge in [0.25, 0.3) is 0 Å². The van der Waals surface area contributed by atoms with Gasteiger partial charge in [-0.3, -0.25) is 0 Å². The predicted molar refractivity (Wildman–Crippen MR) is 93.5 cm³/mol. The van der Waals surface area contributed by atoms with Crippen LogP contribution in [0.2, 0.25) is 0 Å². The van der Waals surface area contributed by atoms with E-state index in [0.29, 0.717) is 17.5 Å². The van der Waals surface area contributed by atoms with Crippen LogP contribution in [0.25, 0.3) is 0 Å². The Balaban J connectivity index is 1.36. The number of hydrogen-bond donors (Lipinski definition) is 2. The molecule has 0 unspecified atom stereocenters. The molecule has 4 rings (SSSR count). The van der Waals surface area contributed by atoms with Gasteiger partial charge < -0.3 is 16.0 Å². The largest absolute Gasteiger partial charge is 0.382 e. The van der Waals surface area contributed by atoms with Crippen molar-refractivity contribution in [1.82, 2.24) is 0 Å². The maximum atomic E-state index is 5.95. The lowest BCUT2D eigenvalue weighted by molar-refractivity contribution is 0.00119. The molecule has 1 heterocycles. The number of hydrogen-bond acceptors (Lipinski definition) is 3. The highest BCUT2D eigenvalue weighted by Crippen LogP contribution is 2.56. The quantitative estimate of drug-likeness (QED) is 0.895. The number of benzene rings is 1. The zero-order chi connectivity index (χ0) is 15.2. The second-order valence-electron chi connectivity index (χ2n) is 7.96. The van der Waals surface area contributed by atoms with E-state index in [-0.39, 0.29) is 0 Å². The van der Waals surface area contributed by atoms with Gasteiger partial charge in [0.05, 0.1) is 0 Å². The molecular formula is C19H29N3. The fourth-order valence-corrected chi connectivity index (χ4v) is 4.85. The summed E-state index contributed by atoms with van der Waals surface area (Å²) in [7, 11) is 0. The third-order valence-corrected chi connectivity index (χ3v) is 6.04. The monoisotopic (exact) mass is 299 g/mol. The van der Waals surface area contributed by atoms with Gasteiger partial charge >= 0.3 is 0 Å². The molecule has 0 radical (unpaired) electrons. The van der Waals surface area contributed by atoms with Crippen molar-refractivity contribution in [3.63, 3.8) is 0 Å². The van der Waals surface area contributed by atoms with Gasteiger partial charge in [-0.2, -0.15) is 0 Å². The highest BCUT2D eigenvalue weighted by Gasteiger charge is 2.51. The molecule has 0 bridgehead atoms. The second kappa shape index (κ2) is 5.45. The van der Waals surface area contributed by atoms with Crippen molar-refractivity contribution in [3.8, 4) is 0 Å². The van der Waals surface area contributed by atoms with E-state index < -0.39 is 0 Å². The van der Waals surface area contributed by atoms with Crippen LogP contribution in [0.15, 0.2) is 18.2 Å². The smallest absolute Gasteiger partial charge is 0.0373 e. The summed E-state index contributed by atoms with van der Waals surface area (Å²) in [6.45, 7) is 4.68. The third-order valence-electron chi connectivity index (χ3n) is 6.04. The van der Waals surface area contributed by atoms with Crippen molar-refractivity contribution in [1.29, 1.82) is 0 Å². The van der Waals surface area contributed by atoms with Gasteiger partial charge in [0.1, 0.15) is 0 Å². The number of nitrogens with zero attached hydrogens (tertiary/aromatic N) is 1. The number of nitrogens with two attached hydrogens (primary N) is 1. The number of rotatable bonds is 3. The van der Waals surface area contributed by atoms with E-state index >= 15 is 0 Å². The lowest BCUT2D eigenvalue weighted by atomic mass is 9.52. The molecule has 1 spiro atoms. The Hall–Kier alpha value is -1.22. The molecule has 2 aliphatic carbocycles. The summed E-state index contributed by atoms with van der Waals surface area (Å²) in [6.07, 6.45) is 9.19. The maximum absolute atomic E-state index is 5.95. The highest BCUT2D eigenvalue weighted by molar-refractivity contribution is 5.61. The molecule has 3 heteroatoms. The van der Waals surface area contributed by atoms with Gasteiger partial charge in [-0.1, -0.05) is 0 Å². The zero-order valence-corrected chi connectivity index (χ0v) is 13.8. The Morgan fingerprint density at radius 2 is 1.82 bits per heavy atom. The summed E-state index contributed by atoms with van der Waals surface area (Å²) in [5, 5.41) is 3.76. The average Bonchev–Trinajstić information content (AvgIpc) is 2.46. The summed E-state index contributed by atoms with van der Waals surface area (Å²) >= 11 is 0. The highest BCUT2D eigenvalue weighted by atomic mass is 15.1. The molecule has 22 heavy (non-hydrogen) atoms. The second-order valence-corrected chi connectivity index (χ2v) is 7.96. The zero-order valence-electron chi connectivity index (χ0n) is 13.8. The van der Waals surface area contributed by atoms with Gasteiger partial charge in [0, 0.05) is 36.5 Å². The summed E-state index contributed by atoms with van der Waals surface area (Å²) in [4.78, 5) is 2.54. The van der Waals surface area contributed by atoms with Gasteiger partial charge in [0.15, 0.2) is 0 Å². The molecule has 1 aliphatic heterocycles. The summed E-state index contributed by atoms with van der Waals surface area (Å²) in [5.74, 6) is 0. The van der Waals surface area contributed by atoms with Crippen molar-refractivity contribution in [2.24, 2.45) is 11.1 Å². The summed E-state index contributed by atoms with van der Waals surface area (Å²) in [5.41, 5.74) is 10.7. The maximum Gasteiger partial charge on any atom is 0.0373 e. The van der Waals surface area contributed by atoms with Crippen molar-refractivity contribution in [2.45, 2.75) is 64.0 Å². The number of nitrogens with one attached hydrogen (secondary N) is 1. The van der Waals surface area contributed by atoms with Crippen LogP contribution in [-0.2, 0) is 0 Å². The van der Waals surface area contributed by atoms with E-state index in [9.17, 15) is 0 Å². The molecular weight excluding hydrogens is 270 g/mol. The lowest BCUT2D eigenvalue weighted by Gasteiger charge is -2.57. The first-order chi connectivity index (χ1) is 10.6. The van der Waals surface area contributed by atoms with E-state index in [1.807, 2.05) is 0 Å². The minimum atomic E-state index is 0.478. The molecule has 1 aromatic rings. The number of anilines is 2. The van der Waals surface area contributed by atoms with Crippen molar-refractivity contribution >= 4 is 11.4 Å². The summed E-state index contributed by atoms with van der Waals surface area (Å²) in [6, 6.07) is 8.09. The molecule has 1 aromatic carbocycles. The molecule has 0 amide bonds. The third kappa shape index (κ3) is 2.60. The number of aryl methyl sites for hydroxylation is 1. The van der Waals surface area contributed by atoms with Crippen LogP contribution in [0, 0.1) is 12.3 Å². The first kappa shape index (κ1) is 14.4. The SMILES string of the molecule is Cc1cc(N2CCCCC2)ccc1NC1CC2(CC(N)C2)C1. The van der Waals surface area contributed by atoms with Crippen molar-refractivity contribution in [2.75, 3.05) is 23.3 Å². The van der Waals surface area contributed by atoms with Crippen molar-refractivity contribution < 1.29 is 0 Å². The van der Waals surface area contributed by atoms with E-state index in [1.54, 1.807) is 0 Å². The van der Waals surface area contributed by atoms with Crippen LogP contribution in [0.3, 0.4) is 0 Å². The lowest BCUT2D eigenvalue weighted by Crippen LogP contribution is -2.57. The Kier molecular flexibility index (Phi) is 3.56. The molecule has 3 N–H and O–H groups in total. The predicted octanol–water partition coefficient (Wildman–Crippen LogP) is 3.67. The molecule has 2 saturated carbocycles. The number of piperidine rings is 1. The van der Waals surface area contributed by atoms with Crippen LogP contribution in [0.4, 0.5) is 11.4 Å². The minimum Gasteiger partial charge on any atom is -0.382 e. The van der Waals surface area contributed by atoms with Crippen LogP contribution in [-0.4, -0.2) is 25.2 Å². The van der Waals surface area contributed by atoms with E-state index in [1.165, 1.54) is 75.0 Å². The fraction of sp³-hybridized carbons (Fsp3) is 0.684. The minimum absolute atomic E-state index is 0.478. The Labute approximate surface area is 134 Å².